The summed E-state index contributed by atoms with van der Waals surface area (Å²) in [4.78, 5) is 16.5. The third-order valence-electron chi connectivity index (χ3n) is 4.10. The molecule has 1 heterocycles. The number of hydrogen-bond donors (Lipinski definition) is 1. The van der Waals surface area contributed by atoms with E-state index in [0.717, 1.165) is 12.0 Å². The zero-order chi connectivity index (χ0) is 17.6. The highest BCUT2D eigenvalue weighted by molar-refractivity contribution is 8.15. The highest BCUT2D eigenvalue weighted by Crippen LogP contribution is 2.26. The average Bonchev–Trinajstić information content (AvgIpc) is 2.95. The summed E-state index contributed by atoms with van der Waals surface area (Å²) in [5.41, 5.74) is 3.12. The fraction of sp³-hybridized carbons (Fsp3) is 0.300. The lowest BCUT2D eigenvalue weighted by Crippen LogP contribution is -2.25. The third kappa shape index (κ3) is 4.92. The van der Waals surface area contributed by atoms with E-state index in [2.05, 4.69) is 41.5 Å². The Hall–Kier alpha value is -2.14. The number of nitrogens with one attached hydrogen (secondary N) is 1. The molecule has 0 saturated carbocycles. The van der Waals surface area contributed by atoms with Crippen molar-refractivity contribution in [2.24, 2.45) is 4.99 Å². The molecule has 1 atom stereocenters. The van der Waals surface area contributed by atoms with Gasteiger partial charge >= 0.3 is 0 Å². The van der Waals surface area contributed by atoms with Crippen LogP contribution in [0.1, 0.15) is 30.9 Å². The molecule has 2 aromatic carbocycles. The molecule has 5 heteroatoms. The number of benzene rings is 2. The van der Waals surface area contributed by atoms with E-state index in [-0.39, 0.29) is 17.0 Å². The Balaban J connectivity index is 1.62. The molecule has 1 saturated heterocycles. The lowest BCUT2D eigenvalue weighted by molar-refractivity contribution is -0.118. The van der Waals surface area contributed by atoms with Gasteiger partial charge in [0.15, 0.2) is 5.17 Å². The summed E-state index contributed by atoms with van der Waals surface area (Å²) in [6, 6.07) is 14.4. The number of amidine groups is 1. The number of aliphatic imine (C=N–C) groups is 1. The van der Waals surface area contributed by atoms with Gasteiger partial charge in [-0.25, -0.2) is 9.38 Å². The average molecular weight is 356 g/mol. The molecule has 3 rings (SSSR count). The standard InChI is InChI=1S/C20H21FN2OS/c1-2-3-4-14-5-7-15(8-6-14)13-18-19(24)23-20(25-18)22-17-11-9-16(21)10-12-17/h5-12,18H,2-4,13H2,1H3,(H,22,23,24). The molecular formula is C20H21FN2OS. The molecule has 0 aromatic heterocycles. The molecule has 130 valence electrons. The number of nitrogens with zero attached hydrogens (tertiary/aromatic N) is 1. The Bertz CT molecular complexity index is 756. The van der Waals surface area contributed by atoms with Crippen molar-refractivity contribution in [1.82, 2.24) is 5.32 Å². The van der Waals surface area contributed by atoms with Crippen molar-refractivity contribution in [3.63, 3.8) is 0 Å². The minimum atomic E-state index is -0.299. The molecular weight excluding hydrogens is 335 g/mol. The first-order chi connectivity index (χ1) is 12.1. The zero-order valence-electron chi connectivity index (χ0n) is 14.2. The predicted octanol–water partition coefficient (Wildman–Crippen LogP) is 4.63. The summed E-state index contributed by atoms with van der Waals surface area (Å²) >= 11 is 1.43. The first-order valence-corrected chi connectivity index (χ1v) is 9.41. The summed E-state index contributed by atoms with van der Waals surface area (Å²) in [5, 5.41) is 3.20. The van der Waals surface area contributed by atoms with E-state index in [1.54, 1.807) is 12.1 Å². The van der Waals surface area contributed by atoms with Gasteiger partial charge in [0.2, 0.25) is 5.91 Å². The van der Waals surface area contributed by atoms with Crippen LogP contribution in [0, 0.1) is 5.82 Å². The third-order valence-corrected chi connectivity index (χ3v) is 5.18. The Morgan fingerprint density at radius 1 is 1.08 bits per heavy atom. The number of amides is 1. The molecule has 2 aromatic rings. The summed E-state index contributed by atoms with van der Waals surface area (Å²) in [5.74, 6) is -0.326. The predicted molar refractivity (Wildman–Crippen MR) is 102 cm³/mol. The van der Waals surface area contributed by atoms with Gasteiger partial charge in [-0.05, 0) is 54.7 Å². The minimum absolute atomic E-state index is 0.0269. The Morgan fingerprint density at radius 2 is 1.76 bits per heavy atom. The van der Waals surface area contributed by atoms with Crippen molar-refractivity contribution in [3.05, 3.63) is 65.5 Å². The number of halogens is 1. The fourth-order valence-corrected chi connectivity index (χ4v) is 3.69. The normalized spacial score (nSPS) is 18.6. The maximum Gasteiger partial charge on any atom is 0.239 e. The van der Waals surface area contributed by atoms with Crippen molar-refractivity contribution < 1.29 is 9.18 Å². The summed E-state index contributed by atoms with van der Waals surface area (Å²) in [7, 11) is 0. The lowest BCUT2D eigenvalue weighted by Gasteiger charge is -2.07. The van der Waals surface area contributed by atoms with E-state index < -0.39 is 0 Å². The monoisotopic (exact) mass is 356 g/mol. The van der Waals surface area contributed by atoms with Crippen molar-refractivity contribution in [3.8, 4) is 0 Å². The van der Waals surface area contributed by atoms with Crippen molar-refractivity contribution in [2.75, 3.05) is 0 Å². The first-order valence-electron chi connectivity index (χ1n) is 8.53. The lowest BCUT2D eigenvalue weighted by atomic mass is 10.0. The van der Waals surface area contributed by atoms with E-state index in [1.807, 2.05) is 0 Å². The molecule has 1 fully saturated rings. The second-order valence-electron chi connectivity index (χ2n) is 6.11. The second-order valence-corrected chi connectivity index (χ2v) is 7.30. The van der Waals surface area contributed by atoms with Crippen LogP contribution < -0.4 is 5.32 Å². The number of carbonyl (C=O) groups excluding carboxylic acids is 1. The quantitative estimate of drug-likeness (QED) is 0.820. The second kappa shape index (κ2) is 8.30. The van der Waals surface area contributed by atoms with E-state index in [0.29, 0.717) is 17.3 Å². The Kier molecular flexibility index (Phi) is 5.87. The Morgan fingerprint density at radius 3 is 2.44 bits per heavy atom. The number of aryl methyl sites for hydroxylation is 1. The van der Waals surface area contributed by atoms with Gasteiger partial charge in [-0.3, -0.25) is 4.79 Å². The molecule has 1 aliphatic heterocycles. The van der Waals surface area contributed by atoms with Crippen LogP contribution in [0.3, 0.4) is 0 Å². The van der Waals surface area contributed by atoms with Crippen LogP contribution in [0.25, 0.3) is 0 Å². The molecule has 25 heavy (non-hydrogen) atoms. The number of carbonyl (C=O) groups is 1. The van der Waals surface area contributed by atoms with Crippen LogP contribution in [0.2, 0.25) is 0 Å². The topological polar surface area (TPSA) is 41.5 Å². The van der Waals surface area contributed by atoms with E-state index >= 15 is 0 Å². The van der Waals surface area contributed by atoms with E-state index in [4.69, 9.17) is 0 Å². The van der Waals surface area contributed by atoms with Crippen molar-refractivity contribution in [1.29, 1.82) is 0 Å². The number of thioether (sulfide) groups is 1. The molecule has 3 nitrogen and oxygen atoms in total. The van der Waals surface area contributed by atoms with E-state index in [9.17, 15) is 9.18 Å². The van der Waals surface area contributed by atoms with Crippen molar-refractivity contribution in [2.45, 2.75) is 37.9 Å². The highest BCUT2D eigenvalue weighted by Gasteiger charge is 2.30. The van der Waals surface area contributed by atoms with Crippen LogP contribution in [0.15, 0.2) is 53.5 Å². The molecule has 1 N–H and O–H groups in total. The van der Waals surface area contributed by atoms with Crippen LogP contribution in [0.4, 0.5) is 10.1 Å². The van der Waals surface area contributed by atoms with Crippen LogP contribution in [0.5, 0.6) is 0 Å². The molecule has 1 unspecified atom stereocenters. The highest BCUT2D eigenvalue weighted by atomic mass is 32.2. The van der Waals surface area contributed by atoms with E-state index in [1.165, 1.54) is 42.3 Å². The Labute approximate surface area is 151 Å². The molecule has 0 bridgehead atoms. The van der Waals surface area contributed by atoms with Gasteiger partial charge in [0.1, 0.15) is 5.82 Å². The number of unbranched alkanes of at least 4 members (excludes halogenated alkanes) is 1. The smallest absolute Gasteiger partial charge is 0.239 e. The SMILES string of the molecule is CCCCc1ccc(CC2SC(=Nc3ccc(F)cc3)NC2=O)cc1. The number of rotatable bonds is 6. The minimum Gasteiger partial charge on any atom is -0.304 e. The molecule has 0 radical (unpaired) electrons. The summed E-state index contributed by atoms with van der Waals surface area (Å²) in [6.07, 6.45) is 4.16. The maximum atomic E-state index is 12.9. The van der Waals surface area contributed by atoms with Gasteiger partial charge in [-0.15, -0.1) is 0 Å². The summed E-state index contributed by atoms with van der Waals surface area (Å²) in [6.45, 7) is 2.19. The molecule has 1 aliphatic rings. The van der Waals surface area contributed by atoms with Gasteiger partial charge in [0, 0.05) is 0 Å². The molecule has 0 aliphatic carbocycles. The zero-order valence-corrected chi connectivity index (χ0v) is 15.0. The largest absolute Gasteiger partial charge is 0.304 e. The van der Waals surface area contributed by atoms with Gasteiger partial charge in [-0.2, -0.15) is 0 Å². The van der Waals surface area contributed by atoms with Crippen LogP contribution in [-0.2, 0) is 17.6 Å². The molecule has 0 spiro atoms. The van der Waals surface area contributed by atoms with Gasteiger partial charge < -0.3 is 5.32 Å². The fourth-order valence-electron chi connectivity index (χ4n) is 2.66. The molecule has 1 amide bonds. The number of hydrogen-bond acceptors (Lipinski definition) is 3. The first kappa shape index (κ1) is 17.7. The van der Waals surface area contributed by atoms with Gasteiger partial charge in [0.25, 0.3) is 0 Å². The van der Waals surface area contributed by atoms with Crippen LogP contribution in [-0.4, -0.2) is 16.3 Å². The van der Waals surface area contributed by atoms with Gasteiger partial charge in [-0.1, -0.05) is 49.4 Å². The van der Waals surface area contributed by atoms with Gasteiger partial charge in [0.05, 0.1) is 10.9 Å². The summed E-state index contributed by atoms with van der Waals surface area (Å²) < 4.78 is 12.9. The maximum absolute atomic E-state index is 12.9. The van der Waals surface area contributed by atoms with Crippen molar-refractivity contribution >= 4 is 28.5 Å². The van der Waals surface area contributed by atoms with Crippen LogP contribution >= 0.6 is 11.8 Å².